The van der Waals surface area contributed by atoms with Gasteiger partial charge in [-0.15, -0.1) is 11.3 Å². The van der Waals surface area contributed by atoms with Crippen molar-refractivity contribution < 1.29 is 0 Å². The third-order valence-corrected chi connectivity index (χ3v) is 5.42. The van der Waals surface area contributed by atoms with Crippen LogP contribution in [0.25, 0.3) is 0 Å². The van der Waals surface area contributed by atoms with Gasteiger partial charge in [0.25, 0.3) is 0 Å². The second kappa shape index (κ2) is 6.62. The normalized spacial score (nSPS) is 17.8. The predicted octanol–water partition coefficient (Wildman–Crippen LogP) is 3.43. The quantitative estimate of drug-likeness (QED) is 0.873. The molecule has 0 amide bonds. The molecular formula is C12H20N2S2. The number of aromatic nitrogens is 1. The van der Waals surface area contributed by atoms with Crippen LogP contribution in [-0.4, -0.2) is 17.3 Å². The minimum absolute atomic E-state index is 0.893. The van der Waals surface area contributed by atoms with E-state index in [1.807, 2.05) is 7.05 Å². The van der Waals surface area contributed by atoms with E-state index in [1.54, 1.807) is 11.3 Å². The van der Waals surface area contributed by atoms with Gasteiger partial charge in [0.15, 0.2) is 0 Å². The zero-order valence-corrected chi connectivity index (χ0v) is 11.5. The van der Waals surface area contributed by atoms with E-state index < -0.39 is 0 Å². The molecule has 0 spiro atoms. The fourth-order valence-electron chi connectivity index (χ4n) is 2.10. The second-order valence-corrected chi connectivity index (χ2v) is 6.57. The molecule has 1 heterocycles. The predicted molar refractivity (Wildman–Crippen MR) is 73.0 cm³/mol. The molecule has 2 rings (SSSR count). The second-order valence-electron chi connectivity index (χ2n) is 4.33. The number of thioether (sulfide) groups is 1. The van der Waals surface area contributed by atoms with E-state index in [1.165, 1.54) is 42.8 Å². The van der Waals surface area contributed by atoms with Crippen LogP contribution in [-0.2, 0) is 12.3 Å². The first kappa shape index (κ1) is 12.4. The Balaban J connectivity index is 1.75. The maximum Gasteiger partial charge on any atom is 0.103 e. The van der Waals surface area contributed by atoms with Crippen LogP contribution in [0.4, 0.5) is 0 Å². The van der Waals surface area contributed by atoms with Crippen molar-refractivity contribution in [3.8, 4) is 0 Å². The average molecular weight is 256 g/mol. The van der Waals surface area contributed by atoms with Crippen LogP contribution in [0.3, 0.4) is 0 Å². The van der Waals surface area contributed by atoms with Crippen molar-refractivity contribution in [1.82, 2.24) is 10.3 Å². The van der Waals surface area contributed by atoms with Crippen LogP contribution in [0.5, 0.6) is 0 Å². The van der Waals surface area contributed by atoms with Gasteiger partial charge in [-0.05, 0) is 19.9 Å². The Morgan fingerprint density at radius 2 is 2.25 bits per heavy atom. The number of hydrogen-bond acceptors (Lipinski definition) is 4. The third-order valence-electron chi connectivity index (χ3n) is 2.95. The minimum atomic E-state index is 0.893. The van der Waals surface area contributed by atoms with Gasteiger partial charge in [0.2, 0.25) is 0 Å². The maximum atomic E-state index is 4.62. The van der Waals surface area contributed by atoms with Crippen molar-refractivity contribution in [2.75, 3.05) is 7.05 Å². The summed E-state index contributed by atoms with van der Waals surface area (Å²) in [6, 6.07) is 0. The SMILES string of the molecule is CNCc1csc(CSC2CCCCC2)n1. The Bertz CT molecular complexity index is 306. The van der Waals surface area contributed by atoms with Crippen LogP contribution in [0.1, 0.15) is 42.8 Å². The molecule has 1 saturated carbocycles. The van der Waals surface area contributed by atoms with Crippen molar-refractivity contribution >= 4 is 23.1 Å². The highest BCUT2D eigenvalue weighted by molar-refractivity contribution is 7.99. The van der Waals surface area contributed by atoms with Gasteiger partial charge in [-0.2, -0.15) is 11.8 Å². The third kappa shape index (κ3) is 3.75. The number of thiazole rings is 1. The van der Waals surface area contributed by atoms with E-state index >= 15 is 0 Å². The maximum absolute atomic E-state index is 4.62. The van der Waals surface area contributed by atoms with Crippen LogP contribution in [0.2, 0.25) is 0 Å². The first-order valence-corrected chi connectivity index (χ1v) is 8.01. The number of nitrogens with zero attached hydrogens (tertiary/aromatic N) is 1. The van der Waals surface area contributed by atoms with Gasteiger partial charge >= 0.3 is 0 Å². The fraction of sp³-hybridized carbons (Fsp3) is 0.750. The fourth-order valence-corrected chi connectivity index (χ4v) is 4.26. The van der Waals surface area contributed by atoms with Gasteiger partial charge in [-0.3, -0.25) is 0 Å². The molecule has 2 nitrogen and oxygen atoms in total. The van der Waals surface area contributed by atoms with Crippen molar-refractivity contribution in [2.45, 2.75) is 49.7 Å². The minimum Gasteiger partial charge on any atom is -0.314 e. The molecule has 0 aromatic carbocycles. The molecular weight excluding hydrogens is 236 g/mol. The summed E-state index contributed by atoms with van der Waals surface area (Å²) in [5.74, 6) is 1.11. The largest absolute Gasteiger partial charge is 0.314 e. The first-order valence-electron chi connectivity index (χ1n) is 6.08. The van der Waals surface area contributed by atoms with Gasteiger partial charge in [-0.25, -0.2) is 4.98 Å². The Kier molecular flexibility index (Phi) is 5.13. The number of rotatable bonds is 5. The molecule has 0 bridgehead atoms. The Labute approximate surface area is 106 Å². The van der Waals surface area contributed by atoms with Crippen LogP contribution < -0.4 is 5.32 Å². The molecule has 1 aromatic rings. The van der Waals surface area contributed by atoms with E-state index in [0.717, 1.165) is 17.5 Å². The standard InChI is InChI=1S/C12H20N2S2/c1-13-7-10-8-16-12(14-10)9-15-11-5-3-2-4-6-11/h8,11,13H,2-7,9H2,1H3. The smallest absolute Gasteiger partial charge is 0.103 e. The Hall–Kier alpha value is -0.0600. The summed E-state index contributed by atoms with van der Waals surface area (Å²) < 4.78 is 0. The summed E-state index contributed by atoms with van der Waals surface area (Å²) >= 11 is 3.92. The highest BCUT2D eigenvalue weighted by atomic mass is 32.2. The highest BCUT2D eigenvalue weighted by Crippen LogP contribution is 2.31. The molecule has 4 heteroatoms. The van der Waals surface area contributed by atoms with Gasteiger partial charge in [0.05, 0.1) is 5.69 Å². The highest BCUT2D eigenvalue weighted by Gasteiger charge is 2.14. The molecule has 1 N–H and O–H groups in total. The van der Waals surface area contributed by atoms with Crippen molar-refractivity contribution in [1.29, 1.82) is 0 Å². The van der Waals surface area contributed by atoms with Crippen LogP contribution >= 0.6 is 23.1 Å². The lowest BCUT2D eigenvalue weighted by Gasteiger charge is -2.20. The first-order chi connectivity index (χ1) is 7.88. The molecule has 16 heavy (non-hydrogen) atoms. The summed E-state index contributed by atoms with van der Waals surface area (Å²) in [4.78, 5) is 4.62. The summed E-state index contributed by atoms with van der Waals surface area (Å²) in [5.41, 5.74) is 1.19. The van der Waals surface area contributed by atoms with Gasteiger partial charge in [0.1, 0.15) is 5.01 Å². The van der Waals surface area contributed by atoms with E-state index in [-0.39, 0.29) is 0 Å². The van der Waals surface area contributed by atoms with E-state index in [4.69, 9.17) is 0 Å². The lowest BCUT2D eigenvalue weighted by Crippen LogP contribution is -2.08. The van der Waals surface area contributed by atoms with Crippen molar-refractivity contribution in [2.24, 2.45) is 0 Å². The Morgan fingerprint density at radius 3 is 3.00 bits per heavy atom. The zero-order chi connectivity index (χ0) is 11.2. The molecule has 0 saturated heterocycles. The zero-order valence-electron chi connectivity index (χ0n) is 9.87. The molecule has 1 aliphatic carbocycles. The number of nitrogens with one attached hydrogen (secondary N) is 1. The summed E-state index contributed by atoms with van der Waals surface area (Å²) in [7, 11) is 1.97. The lowest BCUT2D eigenvalue weighted by molar-refractivity contribution is 0.516. The summed E-state index contributed by atoms with van der Waals surface area (Å²) in [6.45, 7) is 0.893. The topological polar surface area (TPSA) is 24.9 Å². The molecule has 0 aliphatic heterocycles. The average Bonchev–Trinajstić information content (AvgIpc) is 2.76. The van der Waals surface area contributed by atoms with E-state index in [0.29, 0.717) is 0 Å². The molecule has 0 radical (unpaired) electrons. The van der Waals surface area contributed by atoms with Gasteiger partial charge in [0, 0.05) is 22.9 Å². The van der Waals surface area contributed by atoms with Gasteiger partial charge in [-0.1, -0.05) is 19.3 Å². The Morgan fingerprint density at radius 1 is 1.44 bits per heavy atom. The van der Waals surface area contributed by atoms with Crippen LogP contribution in [0, 0.1) is 0 Å². The molecule has 1 aliphatic rings. The lowest BCUT2D eigenvalue weighted by atomic mass is 10.0. The summed E-state index contributed by atoms with van der Waals surface area (Å²) in [5, 5.41) is 7.50. The molecule has 0 atom stereocenters. The monoisotopic (exact) mass is 256 g/mol. The molecule has 1 fully saturated rings. The van der Waals surface area contributed by atoms with Crippen molar-refractivity contribution in [3.05, 3.63) is 16.1 Å². The molecule has 1 aromatic heterocycles. The molecule has 90 valence electrons. The van der Waals surface area contributed by atoms with Crippen LogP contribution in [0.15, 0.2) is 5.38 Å². The van der Waals surface area contributed by atoms with Crippen molar-refractivity contribution in [3.63, 3.8) is 0 Å². The summed E-state index contributed by atoms with van der Waals surface area (Å²) in [6.07, 6.45) is 7.14. The van der Waals surface area contributed by atoms with E-state index in [9.17, 15) is 0 Å². The number of hydrogen-bond donors (Lipinski definition) is 1. The molecule has 0 unspecified atom stereocenters. The van der Waals surface area contributed by atoms with Gasteiger partial charge < -0.3 is 5.32 Å². The van der Waals surface area contributed by atoms with E-state index in [2.05, 4.69) is 27.4 Å².